The van der Waals surface area contributed by atoms with E-state index >= 15 is 0 Å². The molecule has 0 spiro atoms. The molecule has 14 heavy (non-hydrogen) atoms. The maximum atomic E-state index is 2.24. The van der Waals surface area contributed by atoms with E-state index < -0.39 is 0 Å². The third-order valence-electron chi connectivity index (χ3n) is 1.49. The van der Waals surface area contributed by atoms with Crippen LogP contribution in [-0.4, -0.2) is 0 Å². The topological polar surface area (TPSA) is 0 Å². The van der Waals surface area contributed by atoms with Gasteiger partial charge in [0.1, 0.15) is 0 Å². The molecule has 0 heterocycles. The summed E-state index contributed by atoms with van der Waals surface area (Å²) >= 11 is 0. The van der Waals surface area contributed by atoms with Crippen LogP contribution in [0.3, 0.4) is 0 Å². The summed E-state index contributed by atoms with van der Waals surface area (Å²) in [4.78, 5) is 0. The maximum Gasteiger partial charge on any atom is -0.0256 e. The molecular formula is C14H26. The molecule has 0 aliphatic heterocycles. The number of hydrogen-bond donors (Lipinski definition) is 0. The number of benzene rings is 1. The number of hydrogen-bond acceptors (Lipinski definition) is 0. The summed E-state index contributed by atoms with van der Waals surface area (Å²) in [6.07, 6.45) is 2.45. The van der Waals surface area contributed by atoms with Crippen molar-refractivity contribution in [2.75, 3.05) is 0 Å². The van der Waals surface area contributed by atoms with Crippen LogP contribution >= 0.6 is 0 Å². The van der Waals surface area contributed by atoms with Crippen LogP contribution in [0, 0.1) is 5.92 Å². The highest BCUT2D eigenvalue weighted by Gasteiger charge is 1.94. The van der Waals surface area contributed by atoms with Gasteiger partial charge < -0.3 is 0 Å². The van der Waals surface area contributed by atoms with Gasteiger partial charge >= 0.3 is 0 Å². The van der Waals surface area contributed by atoms with Crippen molar-refractivity contribution >= 4 is 0 Å². The molecule has 0 aliphatic carbocycles. The SMILES string of the molecule is C.CC(C)Cc1ccccc1.CCC. The molecule has 0 heteroatoms. The van der Waals surface area contributed by atoms with E-state index in [2.05, 4.69) is 58.0 Å². The van der Waals surface area contributed by atoms with E-state index in [1.165, 1.54) is 18.4 Å². The summed E-state index contributed by atoms with van der Waals surface area (Å²) < 4.78 is 0. The zero-order valence-electron chi connectivity index (χ0n) is 9.38. The zero-order valence-corrected chi connectivity index (χ0v) is 9.38. The molecule has 0 aromatic heterocycles. The minimum absolute atomic E-state index is 0. The molecule has 0 amide bonds. The maximum absolute atomic E-state index is 2.24. The fourth-order valence-corrected chi connectivity index (χ4v) is 1.09. The normalized spacial score (nSPS) is 8.64. The van der Waals surface area contributed by atoms with Crippen molar-refractivity contribution in [2.24, 2.45) is 5.92 Å². The van der Waals surface area contributed by atoms with Gasteiger partial charge in [-0.15, -0.1) is 0 Å². The Morgan fingerprint density at radius 1 is 1.00 bits per heavy atom. The highest BCUT2D eigenvalue weighted by atomic mass is 14.0. The molecule has 82 valence electrons. The largest absolute Gasteiger partial charge is 0.0776 e. The van der Waals surface area contributed by atoms with Crippen molar-refractivity contribution in [1.29, 1.82) is 0 Å². The molecule has 0 bridgehead atoms. The fraction of sp³-hybridized carbons (Fsp3) is 0.571. The van der Waals surface area contributed by atoms with Crippen LogP contribution in [0.15, 0.2) is 30.3 Å². The van der Waals surface area contributed by atoms with Gasteiger partial charge in [-0.25, -0.2) is 0 Å². The van der Waals surface area contributed by atoms with E-state index in [9.17, 15) is 0 Å². The Balaban J connectivity index is 0. The van der Waals surface area contributed by atoms with Gasteiger partial charge in [0.05, 0.1) is 0 Å². The summed E-state index contributed by atoms with van der Waals surface area (Å²) in [5, 5.41) is 0. The van der Waals surface area contributed by atoms with Crippen LogP contribution in [0.1, 0.15) is 47.1 Å². The zero-order chi connectivity index (χ0) is 10.1. The van der Waals surface area contributed by atoms with Gasteiger partial charge in [-0.3, -0.25) is 0 Å². The minimum Gasteiger partial charge on any atom is -0.0776 e. The van der Waals surface area contributed by atoms with Crippen LogP contribution < -0.4 is 0 Å². The first-order chi connectivity index (χ1) is 6.20. The molecule has 0 saturated heterocycles. The molecule has 0 aliphatic rings. The lowest BCUT2D eigenvalue weighted by Gasteiger charge is -2.02. The molecule has 0 saturated carbocycles. The van der Waals surface area contributed by atoms with Crippen molar-refractivity contribution in [2.45, 2.75) is 48.0 Å². The quantitative estimate of drug-likeness (QED) is 0.625. The monoisotopic (exact) mass is 194 g/mol. The Morgan fingerprint density at radius 2 is 1.43 bits per heavy atom. The van der Waals surface area contributed by atoms with Gasteiger partial charge in [0, 0.05) is 0 Å². The molecule has 0 fully saturated rings. The summed E-state index contributed by atoms with van der Waals surface area (Å²) in [7, 11) is 0. The van der Waals surface area contributed by atoms with Crippen LogP contribution in [0.4, 0.5) is 0 Å². The van der Waals surface area contributed by atoms with Crippen molar-refractivity contribution < 1.29 is 0 Å². The first-order valence-corrected chi connectivity index (χ1v) is 5.24. The first kappa shape index (κ1) is 15.7. The Kier molecular flexibility index (Phi) is 11.5. The molecule has 0 unspecified atom stereocenters. The molecule has 1 aromatic rings. The lowest BCUT2D eigenvalue weighted by atomic mass is 10.0. The van der Waals surface area contributed by atoms with E-state index in [4.69, 9.17) is 0 Å². The van der Waals surface area contributed by atoms with Crippen molar-refractivity contribution in [3.63, 3.8) is 0 Å². The summed E-state index contributed by atoms with van der Waals surface area (Å²) in [5.74, 6) is 0.766. The summed E-state index contributed by atoms with van der Waals surface area (Å²) in [6, 6.07) is 10.6. The predicted molar refractivity (Wildman–Crippen MR) is 67.7 cm³/mol. The molecule has 0 N–H and O–H groups in total. The number of rotatable bonds is 2. The third-order valence-corrected chi connectivity index (χ3v) is 1.49. The van der Waals surface area contributed by atoms with Crippen LogP contribution in [-0.2, 0) is 6.42 Å². The predicted octanol–water partition coefficient (Wildman–Crippen LogP) is 4.94. The van der Waals surface area contributed by atoms with Crippen molar-refractivity contribution in [3.8, 4) is 0 Å². The lowest BCUT2D eigenvalue weighted by Crippen LogP contribution is -1.92. The Bertz CT molecular complexity index is 186. The molecule has 1 rings (SSSR count). The van der Waals surface area contributed by atoms with Gasteiger partial charge in [-0.1, -0.05) is 71.9 Å². The third kappa shape index (κ3) is 9.31. The molecule has 1 aromatic carbocycles. The van der Waals surface area contributed by atoms with Gasteiger partial charge in [0.2, 0.25) is 0 Å². The molecule has 0 atom stereocenters. The summed E-state index contributed by atoms with van der Waals surface area (Å²) in [5.41, 5.74) is 1.44. The van der Waals surface area contributed by atoms with Gasteiger partial charge in [-0.05, 0) is 17.9 Å². The second-order valence-electron chi connectivity index (χ2n) is 3.79. The molecular weight excluding hydrogens is 168 g/mol. The first-order valence-electron chi connectivity index (χ1n) is 5.24. The van der Waals surface area contributed by atoms with Crippen LogP contribution in [0.2, 0.25) is 0 Å². The highest BCUT2D eigenvalue weighted by Crippen LogP contribution is 2.05. The van der Waals surface area contributed by atoms with E-state index in [0.29, 0.717) is 0 Å². The van der Waals surface area contributed by atoms with Crippen molar-refractivity contribution in [3.05, 3.63) is 35.9 Å². The van der Waals surface area contributed by atoms with E-state index in [0.717, 1.165) is 5.92 Å². The van der Waals surface area contributed by atoms with Crippen LogP contribution in [0.5, 0.6) is 0 Å². The molecule has 0 nitrogen and oxygen atoms in total. The van der Waals surface area contributed by atoms with E-state index in [-0.39, 0.29) is 7.43 Å². The summed E-state index contributed by atoms with van der Waals surface area (Å²) in [6.45, 7) is 8.74. The average Bonchev–Trinajstić information content (AvgIpc) is 2.06. The van der Waals surface area contributed by atoms with E-state index in [1.807, 2.05) is 0 Å². The van der Waals surface area contributed by atoms with Gasteiger partial charge in [-0.2, -0.15) is 0 Å². The van der Waals surface area contributed by atoms with Crippen molar-refractivity contribution in [1.82, 2.24) is 0 Å². The van der Waals surface area contributed by atoms with E-state index in [1.54, 1.807) is 0 Å². The average molecular weight is 194 g/mol. The Labute approximate surface area is 90.4 Å². The minimum atomic E-state index is 0. The van der Waals surface area contributed by atoms with Crippen LogP contribution in [0.25, 0.3) is 0 Å². The highest BCUT2D eigenvalue weighted by molar-refractivity contribution is 5.14. The molecule has 0 radical (unpaired) electrons. The van der Waals surface area contributed by atoms with Gasteiger partial charge in [0.15, 0.2) is 0 Å². The van der Waals surface area contributed by atoms with Gasteiger partial charge in [0.25, 0.3) is 0 Å². The Morgan fingerprint density at radius 3 is 1.79 bits per heavy atom. The second-order valence-corrected chi connectivity index (χ2v) is 3.79. The fourth-order valence-electron chi connectivity index (χ4n) is 1.09. The smallest absolute Gasteiger partial charge is 0.0256 e. The second kappa shape index (κ2) is 10.3. The Hall–Kier alpha value is -0.780. The standard InChI is InChI=1S/C10H14.C3H8.CH4/c1-9(2)8-10-6-4-3-5-7-10;1-3-2;/h3-7,9H,8H2,1-2H3;3H2,1-2H3;1H4. The lowest BCUT2D eigenvalue weighted by molar-refractivity contribution is 0.647.